The minimum absolute atomic E-state index is 0.241. The fourth-order valence-corrected chi connectivity index (χ4v) is 3.93. The molecule has 0 unspecified atom stereocenters. The van der Waals surface area contributed by atoms with Crippen LogP contribution in [0, 0.1) is 0 Å². The lowest BCUT2D eigenvalue weighted by Gasteiger charge is -2.14. The Bertz CT molecular complexity index is 970. The number of carbonyl (C=O) groups is 2. The van der Waals surface area contributed by atoms with Crippen LogP contribution in [-0.4, -0.2) is 27.4 Å². The van der Waals surface area contributed by atoms with E-state index in [1.165, 1.54) is 24.2 Å². The van der Waals surface area contributed by atoms with Gasteiger partial charge in [0.1, 0.15) is 11.9 Å². The third kappa shape index (κ3) is 3.99. The fourth-order valence-electron chi connectivity index (χ4n) is 3.30. The summed E-state index contributed by atoms with van der Waals surface area (Å²) in [5, 5.41) is 7.44. The van der Waals surface area contributed by atoms with Gasteiger partial charge >= 0.3 is 0 Å². The topological polar surface area (TPSA) is 76.0 Å². The van der Waals surface area contributed by atoms with E-state index in [1.54, 1.807) is 13.0 Å². The van der Waals surface area contributed by atoms with Gasteiger partial charge in [0.2, 0.25) is 5.91 Å². The average molecular weight is 395 g/mol. The summed E-state index contributed by atoms with van der Waals surface area (Å²) in [6.07, 6.45) is 5.47. The van der Waals surface area contributed by atoms with Crippen molar-refractivity contribution in [1.82, 2.24) is 14.9 Å². The van der Waals surface area contributed by atoms with E-state index in [0.717, 1.165) is 30.0 Å². The fraction of sp³-hybridized carbons (Fsp3) is 0.286. The predicted octanol–water partition coefficient (Wildman–Crippen LogP) is 3.70. The first-order chi connectivity index (χ1) is 13.6. The lowest BCUT2D eigenvalue weighted by Crippen LogP contribution is -2.41. The molecule has 0 aliphatic carbocycles. The average Bonchev–Trinajstić information content (AvgIpc) is 3.38. The third-order valence-electron chi connectivity index (χ3n) is 4.82. The van der Waals surface area contributed by atoms with E-state index in [1.807, 2.05) is 35.7 Å². The molecule has 1 aromatic carbocycles. The quantitative estimate of drug-likeness (QED) is 0.693. The van der Waals surface area contributed by atoms with Crippen molar-refractivity contribution in [1.29, 1.82) is 0 Å². The number of hydrogen-bond donors (Lipinski definition) is 2. The molecule has 3 heterocycles. The normalized spacial score (nSPS) is 14.2. The third-order valence-corrected chi connectivity index (χ3v) is 5.69. The van der Waals surface area contributed by atoms with Crippen LogP contribution in [0.25, 0.3) is 11.3 Å². The lowest BCUT2D eigenvalue weighted by molar-refractivity contribution is -0.117. The summed E-state index contributed by atoms with van der Waals surface area (Å²) in [6, 6.07) is 10.6. The molecule has 2 aromatic heterocycles. The number of nitrogens with one attached hydrogen (secondary N) is 2. The first kappa shape index (κ1) is 18.4. The van der Waals surface area contributed by atoms with Crippen molar-refractivity contribution in [3.05, 3.63) is 58.7 Å². The highest BCUT2D eigenvalue weighted by atomic mass is 32.1. The Morgan fingerprint density at radius 3 is 2.89 bits per heavy atom. The van der Waals surface area contributed by atoms with Crippen LogP contribution < -0.4 is 10.6 Å². The Balaban J connectivity index is 1.43. The molecule has 1 aliphatic heterocycles. The van der Waals surface area contributed by atoms with E-state index in [-0.39, 0.29) is 11.8 Å². The van der Waals surface area contributed by atoms with E-state index in [0.29, 0.717) is 10.6 Å². The molecule has 2 amide bonds. The molecule has 28 heavy (non-hydrogen) atoms. The standard InChI is InChI=1S/C21H22N4O2S/c1-14(22-21(27)18-8-5-11-28-18)20(26)23-16-7-4-6-15(12-16)17-13-25-10-3-2-9-19(25)24-17/h4-8,11-14H,2-3,9-10H2,1H3,(H,22,27)(H,23,26)/t14-/m1/s1. The maximum atomic E-state index is 12.5. The second kappa shape index (κ2) is 7.98. The largest absolute Gasteiger partial charge is 0.340 e. The van der Waals surface area contributed by atoms with Gasteiger partial charge in [0.05, 0.1) is 10.6 Å². The van der Waals surface area contributed by atoms with Crippen LogP contribution in [0.15, 0.2) is 48.0 Å². The van der Waals surface area contributed by atoms with Gasteiger partial charge in [-0.2, -0.15) is 0 Å². The molecule has 144 valence electrons. The van der Waals surface area contributed by atoms with Crippen LogP contribution in [0.1, 0.15) is 35.3 Å². The molecule has 0 radical (unpaired) electrons. The highest BCUT2D eigenvalue weighted by Gasteiger charge is 2.18. The van der Waals surface area contributed by atoms with E-state index in [4.69, 9.17) is 4.98 Å². The number of rotatable bonds is 5. The van der Waals surface area contributed by atoms with Gasteiger partial charge in [-0.3, -0.25) is 9.59 Å². The monoisotopic (exact) mass is 394 g/mol. The van der Waals surface area contributed by atoms with Gasteiger partial charge in [0.25, 0.3) is 5.91 Å². The molecule has 7 heteroatoms. The van der Waals surface area contributed by atoms with Crippen molar-refractivity contribution in [2.75, 3.05) is 5.32 Å². The highest BCUT2D eigenvalue weighted by molar-refractivity contribution is 7.12. The number of aryl methyl sites for hydroxylation is 2. The van der Waals surface area contributed by atoms with E-state index in [2.05, 4.69) is 21.4 Å². The van der Waals surface area contributed by atoms with Gasteiger partial charge in [0, 0.05) is 30.4 Å². The predicted molar refractivity (Wildman–Crippen MR) is 110 cm³/mol. The van der Waals surface area contributed by atoms with Gasteiger partial charge in [-0.1, -0.05) is 18.2 Å². The van der Waals surface area contributed by atoms with Crippen molar-refractivity contribution in [2.45, 2.75) is 38.8 Å². The molecule has 0 saturated carbocycles. The summed E-state index contributed by atoms with van der Waals surface area (Å²) in [6.45, 7) is 2.69. The molecule has 3 aromatic rings. The van der Waals surface area contributed by atoms with Crippen LogP contribution in [0.3, 0.4) is 0 Å². The second-order valence-electron chi connectivity index (χ2n) is 6.94. The lowest BCUT2D eigenvalue weighted by atomic mass is 10.1. The first-order valence-corrected chi connectivity index (χ1v) is 10.3. The number of amides is 2. The van der Waals surface area contributed by atoms with Crippen molar-refractivity contribution < 1.29 is 9.59 Å². The van der Waals surface area contributed by atoms with Gasteiger partial charge in [-0.05, 0) is 43.3 Å². The molecular weight excluding hydrogens is 372 g/mol. The molecule has 6 nitrogen and oxygen atoms in total. The SMILES string of the molecule is C[C@@H](NC(=O)c1cccs1)C(=O)Nc1cccc(-c2cn3c(n2)CCCC3)c1. The summed E-state index contributed by atoms with van der Waals surface area (Å²) >= 11 is 1.35. The molecule has 1 atom stereocenters. The molecule has 1 aliphatic rings. The smallest absolute Gasteiger partial charge is 0.261 e. The molecule has 4 rings (SSSR count). The molecule has 0 spiro atoms. The van der Waals surface area contributed by atoms with Gasteiger partial charge < -0.3 is 15.2 Å². The van der Waals surface area contributed by atoms with Crippen molar-refractivity contribution in [3.8, 4) is 11.3 Å². The van der Waals surface area contributed by atoms with Gasteiger partial charge in [0.15, 0.2) is 0 Å². The van der Waals surface area contributed by atoms with Gasteiger partial charge in [-0.15, -0.1) is 11.3 Å². The van der Waals surface area contributed by atoms with Crippen LogP contribution in [0.5, 0.6) is 0 Å². The summed E-state index contributed by atoms with van der Waals surface area (Å²) in [4.78, 5) is 29.9. The van der Waals surface area contributed by atoms with Crippen molar-refractivity contribution in [2.24, 2.45) is 0 Å². The Morgan fingerprint density at radius 1 is 1.21 bits per heavy atom. The molecular formula is C21H22N4O2S. The Morgan fingerprint density at radius 2 is 2.11 bits per heavy atom. The second-order valence-corrected chi connectivity index (χ2v) is 7.88. The van der Waals surface area contributed by atoms with Gasteiger partial charge in [-0.25, -0.2) is 4.98 Å². The molecule has 0 bridgehead atoms. The zero-order valence-corrected chi connectivity index (χ0v) is 16.5. The Kier molecular flexibility index (Phi) is 5.25. The number of thiophene rings is 1. The first-order valence-electron chi connectivity index (χ1n) is 9.42. The highest BCUT2D eigenvalue weighted by Crippen LogP contribution is 2.25. The Hall–Kier alpha value is -2.93. The minimum atomic E-state index is -0.641. The summed E-state index contributed by atoms with van der Waals surface area (Å²) < 4.78 is 2.21. The number of fused-ring (bicyclic) bond motifs is 1. The number of benzene rings is 1. The molecule has 0 fully saturated rings. The number of aromatic nitrogens is 2. The number of imidazole rings is 1. The zero-order valence-electron chi connectivity index (χ0n) is 15.6. The Labute approximate surface area is 167 Å². The van der Waals surface area contributed by atoms with E-state index < -0.39 is 6.04 Å². The summed E-state index contributed by atoms with van der Waals surface area (Å²) in [7, 11) is 0. The maximum Gasteiger partial charge on any atom is 0.261 e. The number of anilines is 1. The number of carbonyl (C=O) groups excluding carboxylic acids is 2. The van der Waals surface area contributed by atoms with Crippen molar-refractivity contribution >= 4 is 28.8 Å². The van der Waals surface area contributed by atoms with E-state index >= 15 is 0 Å². The minimum Gasteiger partial charge on any atom is -0.340 e. The van der Waals surface area contributed by atoms with Crippen LogP contribution in [-0.2, 0) is 17.8 Å². The number of nitrogens with zero attached hydrogens (tertiary/aromatic N) is 2. The molecule has 0 saturated heterocycles. The van der Waals surface area contributed by atoms with Crippen LogP contribution in [0.2, 0.25) is 0 Å². The van der Waals surface area contributed by atoms with E-state index in [9.17, 15) is 9.59 Å². The summed E-state index contributed by atoms with van der Waals surface area (Å²) in [5.41, 5.74) is 2.58. The number of hydrogen-bond acceptors (Lipinski definition) is 4. The summed E-state index contributed by atoms with van der Waals surface area (Å²) in [5.74, 6) is 0.627. The van der Waals surface area contributed by atoms with Crippen LogP contribution in [0.4, 0.5) is 5.69 Å². The maximum absolute atomic E-state index is 12.5. The van der Waals surface area contributed by atoms with Crippen LogP contribution >= 0.6 is 11.3 Å². The molecule has 2 N–H and O–H groups in total. The zero-order chi connectivity index (χ0) is 19.5. The van der Waals surface area contributed by atoms with Crippen molar-refractivity contribution in [3.63, 3.8) is 0 Å².